The van der Waals surface area contributed by atoms with Crippen LogP contribution in [-0.2, 0) is 17.4 Å². The van der Waals surface area contributed by atoms with Crippen LogP contribution in [0.1, 0.15) is 39.6 Å². The molecule has 0 bridgehead atoms. The number of carbonyl (C=O) groups is 2. The Balaban J connectivity index is 1.72. The smallest absolute Gasteiger partial charge is 0.355 e. The van der Waals surface area contributed by atoms with Gasteiger partial charge in [-0.1, -0.05) is 0 Å². The van der Waals surface area contributed by atoms with E-state index in [-0.39, 0.29) is 30.4 Å². The van der Waals surface area contributed by atoms with Gasteiger partial charge in [0.05, 0.1) is 0 Å². The third-order valence-electron chi connectivity index (χ3n) is 4.56. The molecule has 2 heterocycles. The molecule has 2 amide bonds. The van der Waals surface area contributed by atoms with Gasteiger partial charge in [-0.3, -0.25) is 9.59 Å². The number of anilines is 1. The molecule has 11 heteroatoms. The van der Waals surface area contributed by atoms with E-state index < -0.39 is 12.0 Å². The lowest BCUT2D eigenvalue weighted by atomic mass is 10.1. The molecule has 2 aromatic heterocycles. The molecular weight excluding hydrogens is 401 g/mol. The Labute approximate surface area is 169 Å². The maximum absolute atomic E-state index is 12.9. The van der Waals surface area contributed by atoms with Crippen molar-refractivity contribution in [3.8, 4) is 0 Å². The van der Waals surface area contributed by atoms with Gasteiger partial charge in [0, 0.05) is 36.1 Å². The molecule has 158 valence electrons. The Bertz CT molecular complexity index is 1110. The van der Waals surface area contributed by atoms with E-state index in [2.05, 4.69) is 25.7 Å². The van der Waals surface area contributed by atoms with Crippen molar-refractivity contribution in [2.24, 2.45) is 0 Å². The summed E-state index contributed by atoms with van der Waals surface area (Å²) in [6.45, 7) is 3.26. The zero-order valence-electron chi connectivity index (χ0n) is 16.5. The van der Waals surface area contributed by atoms with Crippen LogP contribution in [0.4, 0.5) is 18.9 Å². The van der Waals surface area contributed by atoms with Gasteiger partial charge < -0.3 is 10.6 Å². The lowest BCUT2D eigenvalue weighted by Gasteiger charge is -2.11. The van der Waals surface area contributed by atoms with Gasteiger partial charge in [-0.15, -0.1) is 5.10 Å². The standard InChI is InChI=1S/C19H19F3N6O2/c1-10-14(11(2)28-18(24-10)26-17(27-28)19(20,21)22)8-9-15(29)25-13-6-4-12(5-7-13)16(30)23-3/h4-7H,8-9H2,1-3H3,(H,23,30)(H,25,29). The Hall–Kier alpha value is -3.50. The predicted molar refractivity (Wildman–Crippen MR) is 102 cm³/mol. The summed E-state index contributed by atoms with van der Waals surface area (Å²) in [5.41, 5.74) is 2.56. The van der Waals surface area contributed by atoms with Gasteiger partial charge in [0.2, 0.25) is 5.91 Å². The average molecular weight is 420 g/mol. The topological polar surface area (TPSA) is 101 Å². The van der Waals surface area contributed by atoms with Gasteiger partial charge >= 0.3 is 6.18 Å². The molecule has 0 unspecified atom stereocenters. The van der Waals surface area contributed by atoms with Crippen LogP contribution in [0.15, 0.2) is 24.3 Å². The minimum atomic E-state index is -4.67. The summed E-state index contributed by atoms with van der Waals surface area (Å²) in [6, 6.07) is 6.40. The number of amides is 2. The van der Waals surface area contributed by atoms with Gasteiger partial charge in [-0.2, -0.15) is 18.2 Å². The second kappa shape index (κ2) is 8.09. The number of hydrogen-bond donors (Lipinski definition) is 2. The van der Waals surface area contributed by atoms with E-state index in [4.69, 9.17) is 0 Å². The van der Waals surface area contributed by atoms with Crippen LogP contribution in [0.2, 0.25) is 0 Å². The molecule has 0 radical (unpaired) electrons. The number of nitrogens with one attached hydrogen (secondary N) is 2. The molecule has 1 aromatic carbocycles. The minimum absolute atomic E-state index is 0.0902. The maximum atomic E-state index is 12.9. The molecule has 0 fully saturated rings. The summed E-state index contributed by atoms with van der Waals surface area (Å²) in [7, 11) is 1.53. The molecule has 0 aliphatic heterocycles. The number of fused-ring (bicyclic) bond motifs is 1. The molecule has 30 heavy (non-hydrogen) atoms. The maximum Gasteiger partial charge on any atom is 0.453 e. The van der Waals surface area contributed by atoms with Crippen LogP contribution in [0.25, 0.3) is 5.78 Å². The number of carbonyl (C=O) groups excluding carboxylic acids is 2. The molecular formula is C19H19F3N6O2. The molecule has 8 nitrogen and oxygen atoms in total. The van der Waals surface area contributed by atoms with E-state index in [0.29, 0.717) is 28.2 Å². The number of nitrogens with zero attached hydrogens (tertiary/aromatic N) is 4. The largest absolute Gasteiger partial charge is 0.453 e. The monoisotopic (exact) mass is 420 g/mol. The number of aromatic nitrogens is 4. The predicted octanol–water partition coefficient (Wildman–Crippen LogP) is 2.69. The van der Waals surface area contributed by atoms with E-state index in [1.54, 1.807) is 38.1 Å². The summed E-state index contributed by atoms with van der Waals surface area (Å²) in [5.74, 6) is -1.91. The fourth-order valence-electron chi connectivity index (χ4n) is 3.00. The van der Waals surface area contributed by atoms with Gasteiger partial charge in [0.15, 0.2) is 0 Å². The normalized spacial score (nSPS) is 11.5. The van der Waals surface area contributed by atoms with Gasteiger partial charge in [0.25, 0.3) is 17.5 Å². The highest BCUT2D eigenvalue weighted by Crippen LogP contribution is 2.27. The Morgan fingerprint density at radius 1 is 1.10 bits per heavy atom. The van der Waals surface area contributed by atoms with Crippen LogP contribution in [0.3, 0.4) is 0 Å². The zero-order valence-corrected chi connectivity index (χ0v) is 16.5. The first-order chi connectivity index (χ1) is 14.1. The first kappa shape index (κ1) is 21.2. The summed E-state index contributed by atoms with van der Waals surface area (Å²) in [4.78, 5) is 31.3. The highest BCUT2D eigenvalue weighted by molar-refractivity contribution is 5.95. The molecule has 3 rings (SSSR count). The van der Waals surface area contributed by atoms with E-state index in [1.165, 1.54) is 7.05 Å². The number of hydrogen-bond acceptors (Lipinski definition) is 5. The summed E-state index contributed by atoms with van der Waals surface area (Å²) >= 11 is 0. The Morgan fingerprint density at radius 2 is 1.77 bits per heavy atom. The number of benzene rings is 1. The Morgan fingerprint density at radius 3 is 2.37 bits per heavy atom. The molecule has 0 atom stereocenters. The van der Waals surface area contributed by atoms with Crippen molar-refractivity contribution in [2.75, 3.05) is 12.4 Å². The van der Waals surface area contributed by atoms with Gasteiger partial charge in [-0.05, 0) is 50.1 Å². The van der Waals surface area contributed by atoms with Gasteiger partial charge in [0.1, 0.15) is 0 Å². The molecule has 0 aliphatic carbocycles. The van der Waals surface area contributed by atoms with Crippen molar-refractivity contribution in [1.82, 2.24) is 24.9 Å². The Kier molecular flexibility index (Phi) is 5.72. The molecule has 3 aromatic rings. The van der Waals surface area contributed by atoms with Gasteiger partial charge in [-0.25, -0.2) is 9.50 Å². The number of aryl methyl sites for hydroxylation is 2. The second-order valence-electron chi connectivity index (χ2n) is 6.61. The van der Waals surface area contributed by atoms with E-state index in [1.807, 2.05) is 0 Å². The molecule has 0 aliphatic rings. The van der Waals surface area contributed by atoms with Crippen molar-refractivity contribution >= 4 is 23.3 Å². The SMILES string of the molecule is CNC(=O)c1ccc(NC(=O)CCc2c(C)nc3nc(C(F)(F)F)nn3c2C)cc1. The second-order valence-corrected chi connectivity index (χ2v) is 6.61. The fourth-order valence-corrected chi connectivity index (χ4v) is 3.00. The van der Waals surface area contributed by atoms with Crippen LogP contribution >= 0.6 is 0 Å². The highest BCUT2D eigenvalue weighted by atomic mass is 19.4. The third kappa shape index (κ3) is 4.39. The first-order valence-corrected chi connectivity index (χ1v) is 9.02. The summed E-state index contributed by atoms with van der Waals surface area (Å²) < 4.78 is 39.6. The van der Waals surface area contributed by atoms with Crippen molar-refractivity contribution in [3.05, 3.63) is 52.6 Å². The van der Waals surface area contributed by atoms with E-state index >= 15 is 0 Å². The quantitative estimate of drug-likeness (QED) is 0.661. The summed E-state index contributed by atoms with van der Waals surface area (Å²) in [6.07, 6.45) is -4.31. The van der Waals surface area contributed by atoms with Crippen LogP contribution in [-0.4, -0.2) is 38.4 Å². The molecule has 0 saturated heterocycles. The summed E-state index contributed by atoms with van der Waals surface area (Å²) in [5, 5.41) is 8.72. The minimum Gasteiger partial charge on any atom is -0.355 e. The van der Waals surface area contributed by atoms with Crippen LogP contribution in [0, 0.1) is 13.8 Å². The molecule has 0 saturated carbocycles. The van der Waals surface area contributed by atoms with Crippen molar-refractivity contribution in [2.45, 2.75) is 32.9 Å². The average Bonchev–Trinajstić information content (AvgIpc) is 3.12. The fraction of sp³-hybridized carbons (Fsp3) is 0.316. The van der Waals surface area contributed by atoms with E-state index in [9.17, 15) is 22.8 Å². The lowest BCUT2D eigenvalue weighted by Crippen LogP contribution is -2.18. The van der Waals surface area contributed by atoms with Crippen LogP contribution < -0.4 is 10.6 Å². The van der Waals surface area contributed by atoms with Crippen molar-refractivity contribution < 1.29 is 22.8 Å². The zero-order chi connectivity index (χ0) is 22.1. The highest BCUT2D eigenvalue weighted by Gasteiger charge is 2.36. The van der Waals surface area contributed by atoms with E-state index in [0.717, 1.165) is 4.52 Å². The number of alkyl halides is 3. The molecule has 0 spiro atoms. The number of rotatable bonds is 5. The third-order valence-corrected chi connectivity index (χ3v) is 4.56. The lowest BCUT2D eigenvalue weighted by molar-refractivity contribution is -0.144. The van der Waals surface area contributed by atoms with Crippen molar-refractivity contribution in [1.29, 1.82) is 0 Å². The van der Waals surface area contributed by atoms with Crippen LogP contribution in [0.5, 0.6) is 0 Å². The first-order valence-electron chi connectivity index (χ1n) is 9.02. The molecule has 2 N–H and O–H groups in total. The van der Waals surface area contributed by atoms with Crippen molar-refractivity contribution in [3.63, 3.8) is 0 Å². The number of halogens is 3.